The van der Waals surface area contributed by atoms with Crippen molar-refractivity contribution in [1.82, 2.24) is 4.90 Å². The average molecular weight is 423 g/mol. The van der Waals surface area contributed by atoms with Crippen molar-refractivity contribution in [2.45, 2.75) is 11.9 Å². The molecule has 1 fully saturated rings. The highest BCUT2D eigenvalue weighted by atomic mass is 32.2. The molecule has 1 amide bonds. The normalized spacial score (nSPS) is 16.2. The van der Waals surface area contributed by atoms with Gasteiger partial charge in [0, 0.05) is 31.7 Å². The Morgan fingerprint density at radius 1 is 1.00 bits per heavy atom. The second-order valence-corrected chi connectivity index (χ2v) is 8.56. The van der Waals surface area contributed by atoms with Crippen LogP contribution in [0.2, 0.25) is 0 Å². The Morgan fingerprint density at radius 2 is 1.73 bits per heavy atom. The van der Waals surface area contributed by atoms with Crippen LogP contribution in [0, 0.1) is 0 Å². The summed E-state index contributed by atoms with van der Waals surface area (Å²) in [5.41, 5.74) is 3.37. The van der Waals surface area contributed by atoms with Crippen LogP contribution >= 0.6 is 11.8 Å². The minimum absolute atomic E-state index is 0.0216. The Hall–Kier alpha value is -2.86. The second-order valence-electron chi connectivity index (χ2n) is 7.49. The number of amides is 1. The number of methoxy groups -OCH3 is 2. The molecule has 30 heavy (non-hydrogen) atoms. The summed E-state index contributed by atoms with van der Waals surface area (Å²) in [6.07, 6.45) is 0. The maximum absolute atomic E-state index is 12.8. The minimum Gasteiger partial charge on any atom is -0.493 e. The van der Waals surface area contributed by atoms with Crippen LogP contribution in [0.1, 0.15) is 16.5 Å². The fourth-order valence-corrected chi connectivity index (χ4v) is 5.19. The first kappa shape index (κ1) is 20.4. The number of carbonyl (C=O) groups is 1. The van der Waals surface area contributed by atoms with E-state index in [0.717, 1.165) is 5.56 Å². The van der Waals surface area contributed by atoms with Gasteiger partial charge in [-0.15, -0.1) is 11.8 Å². The topological polar surface area (TPSA) is 42.0 Å². The van der Waals surface area contributed by atoms with Crippen molar-refractivity contribution in [1.29, 1.82) is 0 Å². The molecule has 156 valence electrons. The lowest BCUT2D eigenvalue weighted by Gasteiger charge is -2.27. The third-order valence-corrected chi connectivity index (χ3v) is 6.69. The summed E-state index contributed by atoms with van der Waals surface area (Å²) in [6, 6.07) is 18.5. The first-order valence-electron chi connectivity index (χ1n) is 9.84. The van der Waals surface area contributed by atoms with Gasteiger partial charge in [-0.05, 0) is 34.7 Å². The monoisotopic (exact) mass is 422 g/mol. The summed E-state index contributed by atoms with van der Waals surface area (Å²) in [5.74, 6) is 2.00. The van der Waals surface area contributed by atoms with E-state index in [4.69, 9.17) is 9.47 Å². The average Bonchev–Trinajstić information content (AvgIpc) is 3.12. The van der Waals surface area contributed by atoms with E-state index >= 15 is 0 Å². The molecule has 4 rings (SSSR count). The molecule has 1 heterocycles. The molecule has 0 spiro atoms. The molecule has 6 heteroatoms. The summed E-state index contributed by atoms with van der Waals surface area (Å²) < 4.78 is 10.8. The van der Waals surface area contributed by atoms with Gasteiger partial charge in [-0.2, -0.15) is 0 Å². The molecule has 0 aromatic heterocycles. The van der Waals surface area contributed by atoms with E-state index in [1.54, 1.807) is 26.0 Å². The molecule has 3 aromatic rings. The molecule has 1 aliphatic heterocycles. The summed E-state index contributed by atoms with van der Waals surface area (Å²) >= 11 is 1.68. The van der Waals surface area contributed by atoms with Crippen LogP contribution in [0.15, 0.2) is 54.6 Å². The molecule has 0 aliphatic carbocycles. The van der Waals surface area contributed by atoms with Gasteiger partial charge >= 0.3 is 0 Å². The van der Waals surface area contributed by atoms with Crippen molar-refractivity contribution in [3.05, 3.63) is 65.7 Å². The molecule has 0 N–H and O–H groups in total. The van der Waals surface area contributed by atoms with E-state index in [2.05, 4.69) is 55.4 Å². The van der Waals surface area contributed by atoms with E-state index < -0.39 is 0 Å². The number of carbonyl (C=O) groups excluding carboxylic acids is 1. The molecule has 0 bridgehead atoms. The number of benzene rings is 3. The highest BCUT2D eigenvalue weighted by Gasteiger charge is 2.34. The quantitative estimate of drug-likeness (QED) is 0.576. The number of anilines is 1. The molecule has 1 aliphatic rings. The highest BCUT2D eigenvalue weighted by molar-refractivity contribution is 8.00. The van der Waals surface area contributed by atoms with E-state index in [1.807, 2.05) is 23.1 Å². The number of ether oxygens (including phenoxy) is 2. The van der Waals surface area contributed by atoms with Crippen molar-refractivity contribution in [2.75, 3.05) is 39.0 Å². The van der Waals surface area contributed by atoms with Crippen molar-refractivity contribution < 1.29 is 14.3 Å². The van der Waals surface area contributed by atoms with Gasteiger partial charge in [-0.3, -0.25) is 4.79 Å². The predicted octanol–water partition coefficient (Wildman–Crippen LogP) is 4.70. The van der Waals surface area contributed by atoms with Crippen LogP contribution in [0.4, 0.5) is 5.69 Å². The lowest BCUT2D eigenvalue weighted by atomic mass is 10.0. The molecule has 1 atom stereocenters. The van der Waals surface area contributed by atoms with Crippen LogP contribution in [0.3, 0.4) is 0 Å². The van der Waals surface area contributed by atoms with Crippen molar-refractivity contribution >= 4 is 34.1 Å². The third-order valence-electron chi connectivity index (χ3n) is 5.45. The van der Waals surface area contributed by atoms with Crippen LogP contribution < -0.4 is 14.4 Å². The Labute approximate surface area is 181 Å². The molecule has 1 saturated heterocycles. The Balaban J connectivity index is 1.71. The zero-order chi connectivity index (χ0) is 21.3. The van der Waals surface area contributed by atoms with Crippen LogP contribution in [-0.2, 0) is 11.3 Å². The van der Waals surface area contributed by atoms with Crippen LogP contribution in [0.5, 0.6) is 11.5 Å². The summed E-state index contributed by atoms with van der Waals surface area (Å²) in [6.45, 7) is 0.528. The first-order valence-corrected chi connectivity index (χ1v) is 10.9. The maximum Gasteiger partial charge on any atom is 0.234 e. The van der Waals surface area contributed by atoms with Crippen LogP contribution in [0.25, 0.3) is 10.8 Å². The number of rotatable bonds is 6. The van der Waals surface area contributed by atoms with E-state index in [-0.39, 0.29) is 11.3 Å². The molecule has 5 nitrogen and oxygen atoms in total. The van der Waals surface area contributed by atoms with E-state index in [1.165, 1.54) is 22.0 Å². The summed E-state index contributed by atoms with van der Waals surface area (Å²) in [7, 11) is 7.35. The number of hydrogen-bond acceptors (Lipinski definition) is 5. The minimum atomic E-state index is -0.0216. The lowest BCUT2D eigenvalue weighted by Crippen LogP contribution is -2.27. The predicted molar refractivity (Wildman–Crippen MR) is 124 cm³/mol. The van der Waals surface area contributed by atoms with Gasteiger partial charge in [0.1, 0.15) is 5.37 Å². The molecular weight excluding hydrogens is 396 g/mol. The third kappa shape index (κ3) is 3.67. The van der Waals surface area contributed by atoms with Crippen molar-refractivity contribution in [3.63, 3.8) is 0 Å². The SMILES string of the molecule is COc1ccc(CN2C(=O)CSC2c2ccc(N(C)C)c3ccccc23)cc1OC. The number of thioether (sulfide) groups is 1. The van der Waals surface area contributed by atoms with Gasteiger partial charge in [-0.1, -0.05) is 36.4 Å². The van der Waals surface area contributed by atoms with Gasteiger partial charge in [0.2, 0.25) is 5.91 Å². The summed E-state index contributed by atoms with van der Waals surface area (Å²) in [5, 5.41) is 2.37. The van der Waals surface area contributed by atoms with E-state index in [0.29, 0.717) is 23.8 Å². The largest absolute Gasteiger partial charge is 0.493 e. The smallest absolute Gasteiger partial charge is 0.234 e. The maximum atomic E-state index is 12.8. The number of hydrogen-bond donors (Lipinski definition) is 0. The van der Waals surface area contributed by atoms with Crippen molar-refractivity contribution in [2.24, 2.45) is 0 Å². The fraction of sp³-hybridized carbons (Fsp3) is 0.292. The molecule has 1 unspecified atom stereocenters. The Kier molecular flexibility index (Phi) is 5.77. The van der Waals surface area contributed by atoms with Gasteiger partial charge < -0.3 is 19.3 Å². The highest BCUT2D eigenvalue weighted by Crippen LogP contribution is 2.44. The van der Waals surface area contributed by atoms with Gasteiger partial charge in [-0.25, -0.2) is 0 Å². The van der Waals surface area contributed by atoms with Crippen molar-refractivity contribution in [3.8, 4) is 11.5 Å². The van der Waals surface area contributed by atoms with Gasteiger partial charge in [0.05, 0.1) is 20.0 Å². The zero-order valence-corrected chi connectivity index (χ0v) is 18.5. The Morgan fingerprint density at radius 3 is 2.43 bits per heavy atom. The zero-order valence-electron chi connectivity index (χ0n) is 17.7. The van der Waals surface area contributed by atoms with E-state index in [9.17, 15) is 4.79 Å². The number of nitrogens with zero attached hydrogens (tertiary/aromatic N) is 2. The molecule has 0 saturated carbocycles. The van der Waals surface area contributed by atoms with Crippen LogP contribution in [-0.4, -0.2) is 44.9 Å². The van der Waals surface area contributed by atoms with Gasteiger partial charge in [0.15, 0.2) is 11.5 Å². The molecule has 3 aromatic carbocycles. The number of fused-ring (bicyclic) bond motifs is 1. The van der Waals surface area contributed by atoms with Gasteiger partial charge in [0.25, 0.3) is 0 Å². The lowest BCUT2D eigenvalue weighted by molar-refractivity contribution is -0.128. The summed E-state index contributed by atoms with van der Waals surface area (Å²) in [4.78, 5) is 16.9. The molecule has 0 radical (unpaired) electrons. The second kappa shape index (κ2) is 8.48. The Bertz CT molecular complexity index is 1080. The molecular formula is C24H26N2O3S. The fourth-order valence-electron chi connectivity index (χ4n) is 3.97. The standard InChI is InChI=1S/C24H26N2O3S/c1-25(2)20-11-10-19(17-7-5-6-8-18(17)20)24-26(23(27)15-30-24)14-16-9-12-21(28-3)22(13-16)29-4/h5-13,24H,14-15H2,1-4H3. The first-order chi connectivity index (χ1) is 14.5.